The Morgan fingerprint density at radius 1 is 0.936 bits per heavy atom. The first kappa shape index (κ1) is 38.2. The minimum Gasteiger partial charge on any atom is -0.484 e. The van der Waals surface area contributed by atoms with Gasteiger partial charge in [-0.05, 0) is 81.7 Å². The number of hydrogen-bond acceptors (Lipinski definition) is 8. The Bertz CT molecular complexity index is 1450. The Kier molecular flexibility index (Phi) is 15.4. The fraction of sp³-hybridized carbons (Fsp3) is 0.548. The molecule has 0 heterocycles. The number of aryl methyl sites for hydroxylation is 1. The molecule has 13 nitrogen and oxygen atoms in total. The second-order valence-corrected chi connectivity index (χ2v) is 13.4. The number of carbonyl (C=O) groups excluding carboxylic acids is 2. The van der Waals surface area contributed by atoms with Crippen LogP contribution in [-0.2, 0) is 25.9 Å². The zero-order valence-corrected chi connectivity index (χ0v) is 28.9. The average molecular weight is 701 g/mol. The zero-order valence-electron chi connectivity index (χ0n) is 27.3. The number of unbranched alkanes of at least 4 members (excludes halogenated alkanes) is 1. The normalized spacial score (nSPS) is 15.7. The number of nitrogens with one attached hydrogen (secondary N) is 5. The highest BCUT2D eigenvalue weighted by atomic mass is 35.5. The van der Waals surface area contributed by atoms with E-state index in [9.17, 15) is 22.4 Å². The molecule has 0 saturated carbocycles. The third-order valence-electron chi connectivity index (χ3n) is 7.48. The van der Waals surface area contributed by atoms with Gasteiger partial charge in [-0.15, -0.1) is 0 Å². The summed E-state index contributed by atoms with van der Waals surface area (Å²) in [5.74, 6) is 0.135. The van der Waals surface area contributed by atoms with Gasteiger partial charge in [-0.25, -0.2) is 27.1 Å². The van der Waals surface area contributed by atoms with Gasteiger partial charge in [0, 0.05) is 43.8 Å². The van der Waals surface area contributed by atoms with Crippen molar-refractivity contribution in [3.8, 4) is 5.75 Å². The Balaban J connectivity index is 1.32. The predicted molar refractivity (Wildman–Crippen MR) is 177 cm³/mol. The minimum absolute atomic E-state index is 0.0684. The smallest absolute Gasteiger partial charge is 0.314 e. The minimum atomic E-state index is -3.80. The van der Waals surface area contributed by atoms with Crippen LogP contribution in [0, 0.1) is 12.7 Å². The Morgan fingerprint density at radius 3 is 2.21 bits per heavy atom. The number of benzene rings is 2. The maximum atomic E-state index is 14.6. The summed E-state index contributed by atoms with van der Waals surface area (Å²) >= 11 is 6.14. The molecule has 16 heteroatoms. The molecule has 47 heavy (non-hydrogen) atoms. The van der Waals surface area contributed by atoms with Crippen LogP contribution in [0.5, 0.6) is 5.75 Å². The van der Waals surface area contributed by atoms with Crippen molar-refractivity contribution in [2.24, 2.45) is 0 Å². The van der Waals surface area contributed by atoms with E-state index in [-0.39, 0.29) is 55.2 Å². The second-order valence-electron chi connectivity index (χ2n) is 11.2. The molecule has 0 unspecified atom stereocenters. The number of halogens is 2. The van der Waals surface area contributed by atoms with Crippen LogP contribution in [0.3, 0.4) is 0 Å². The molecule has 0 bridgehead atoms. The van der Waals surface area contributed by atoms with E-state index in [1.165, 1.54) is 18.2 Å². The number of ether oxygens (including phenoxy) is 3. The molecule has 5 N–H and O–H groups in total. The maximum Gasteiger partial charge on any atom is 0.314 e. The first-order valence-electron chi connectivity index (χ1n) is 15.5. The molecule has 2 aromatic rings. The lowest BCUT2D eigenvalue weighted by Gasteiger charge is -2.28. The van der Waals surface area contributed by atoms with Gasteiger partial charge in [-0.1, -0.05) is 11.6 Å². The fourth-order valence-electron chi connectivity index (χ4n) is 4.96. The zero-order chi connectivity index (χ0) is 34.4. The molecule has 2 aromatic carbocycles. The molecule has 0 saturated heterocycles. The van der Waals surface area contributed by atoms with Crippen LogP contribution in [0.4, 0.5) is 14.0 Å². The van der Waals surface area contributed by atoms with E-state index in [1.54, 1.807) is 26.1 Å². The van der Waals surface area contributed by atoms with Crippen molar-refractivity contribution in [3.63, 3.8) is 0 Å². The molecular weight excluding hydrogens is 655 g/mol. The van der Waals surface area contributed by atoms with Gasteiger partial charge >= 0.3 is 12.1 Å². The number of likely N-dealkylation sites (N-methyl/N-ethyl adjacent to an activating group) is 1. The summed E-state index contributed by atoms with van der Waals surface area (Å²) in [7, 11) is 1.56. The van der Waals surface area contributed by atoms with Gasteiger partial charge in [0.15, 0.2) is 0 Å². The van der Waals surface area contributed by atoms with Crippen LogP contribution in [0.15, 0.2) is 35.2 Å². The second kappa shape index (κ2) is 19.0. The molecule has 3 rings (SSSR count). The third-order valence-corrected chi connectivity index (χ3v) is 9.16. The van der Waals surface area contributed by atoms with Crippen LogP contribution >= 0.6 is 11.6 Å². The third kappa shape index (κ3) is 12.1. The molecule has 1 aliphatic carbocycles. The van der Waals surface area contributed by atoms with Gasteiger partial charge in [0.05, 0.1) is 37.4 Å². The summed E-state index contributed by atoms with van der Waals surface area (Å²) in [6.45, 7) is 4.17. The summed E-state index contributed by atoms with van der Waals surface area (Å²) in [6.07, 6.45) is 1.47. The summed E-state index contributed by atoms with van der Waals surface area (Å²) in [4.78, 5) is 24.9. The highest BCUT2D eigenvalue weighted by Gasteiger charge is 2.38. The van der Waals surface area contributed by atoms with E-state index in [0.29, 0.717) is 60.1 Å². The van der Waals surface area contributed by atoms with Gasteiger partial charge in [0.25, 0.3) is 0 Å². The highest BCUT2D eigenvalue weighted by Crippen LogP contribution is 2.40. The first-order chi connectivity index (χ1) is 22.4. The summed E-state index contributed by atoms with van der Waals surface area (Å²) < 4.78 is 60.1. The van der Waals surface area contributed by atoms with E-state index < -0.39 is 16.1 Å². The number of amides is 4. The van der Waals surface area contributed by atoms with Crippen molar-refractivity contribution < 1.29 is 36.6 Å². The molecule has 2 atom stereocenters. The van der Waals surface area contributed by atoms with E-state index >= 15 is 0 Å². The van der Waals surface area contributed by atoms with Gasteiger partial charge in [0.1, 0.15) is 17.7 Å². The molecule has 0 spiro atoms. The van der Waals surface area contributed by atoms with Crippen molar-refractivity contribution in [2.45, 2.75) is 43.2 Å². The number of rotatable bonds is 19. The highest BCUT2D eigenvalue weighted by molar-refractivity contribution is 7.89. The van der Waals surface area contributed by atoms with Gasteiger partial charge in [-0.2, -0.15) is 0 Å². The summed E-state index contributed by atoms with van der Waals surface area (Å²) in [5, 5.41) is 10.8. The van der Waals surface area contributed by atoms with Crippen molar-refractivity contribution in [2.75, 3.05) is 73.7 Å². The van der Waals surface area contributed by atoms with Crippen molar-refractivity contribution in [1.82, 2.24) is 30.9 Å². The molecule has 4 amide bonds. The Morgan fingerprint density at radius 2 is 1.57 bits per heavy atom. The molecule has 1 aliphatic rings. The van der Waals surface area contributed by atoms with Crippen molar-refractivity contribution in [1.29, 1.82) is 0 Å². The number of nitrogens with zero attached hydrogens (tertiary/aromatic N) is 1. The Labute approximate surface area is 281 Å². The molecular formula is C31H46ClFN6O7S. The van der Waals surface area contributed by atoms with Crippen LogP contribution in [-0.4, -0.2) is 105 Å². The monoisotopic (exact) mass is 700 g/mol. The van der Waals surface area contributed by atoms with E-state index in [0.717, 1.165) is 12.8 Å². The molecule has 0 fully saturated rings. The average Bonchev–Trinajstić information content (AvgIpc) is 3.39. The number of urea groups is 2. The SMILES string of the molecule is CNC(=O)NCCCCNC(=O)NCCOCCOCCNS(=O)(=O)c1ccc(O[C@H]2c3cc(Cl)cc(F)c3C[C@@H]2N(C)C)c(C)c1. The van der Waals surface area contributed by atoms with Gasteiger partial charge in [-0.3, -0.25) is 0 Å². The molecule has 0 radical (unpaired) electrons. The lowest BCUT2D eigenvalue weighted by Crippen LogP contribution is -2.38. The maximum absolute atomic E-state index is 14.6. The predicted octanol–water partition coefficient (Wildman–Crippen LogP) is 2.71. The lowest BCUT2D eigenvalue weighted by molar-refractivity contribution is 0.0516. The number of fused-ring (bicyclic) bond motifs is 1. The molecule has 262 valence electrons. The van der Waals surface area contributed by atoms with Crippen LogP contribution in [0.25, 0.3) is 0 Å². The van der Waals surface area contributed by atoms with E-state index in [4.69, 9.17) is 25.8 Å². The first-order valence-corrected chi connectivity index (χ1v) is 17.3. The fourth-order valence-corrected chi connectivity index (χ4v) is 6.28. The van der Waals surface area contributed by atoms with Crippen LogP contribution in [0.1, 0.15) is 35.6 Å². The van der Waals surface area contributed by atoms with Gasteiger partial charge in [0.2, 0.25) is 10.0 Å². The number of hydrogen-bond donors (Lipinski definition) is 5. The quantitative estimate of drug-likeness (QED) is 0.140. The summed E-state index contributed by atoms with van der Waals surface area (Å²) in [5.41, 5.74) is 1.88. The van der Waals surface area contributed by atoms with Crippen molar-refractivity contribution in [3.05, 3.63) is 57.9 Å². The van der Waals surface area contributed by atoms with Crippen LogP contribution < -0.4 is 30.7 Å². The lowest BCUT2D eigenvalue weighted by atomic mass is 10.1. The van der Waals surface area contributed by atoms with Gasteiger partial charge < -0.3 is 40.4 Å². The van der Waals surface area contributed by atoms with E-state index in [2.05, 4.69) is 26.0 Å². The molecule has 0 aromatic heterocycles. The topological polar surface area (TPSA) is 159 Å². The standard InChI is InChI=1S/C31H46ClFN6O7S/c1-21-17-23(7-8-28(21)46-29-25-18-22(32)19-26(33)24(25)20-27(29)39(3)4)47(42,43)38-12-14-45-16-15-44-13-11-37-31(41)36-10-6-5-9-35-30(40)34-2/h7-8,17-19,27,29,38H,5-6,9-16,20H2,1-4H3,(H2,34,35,40)(H2,36,37,41)/t27-,29-/m0/s1. The Hall–Kier alpha value is -3.21. The number of sulfonamides is 1. The number of carbonyl (C=O) groups is 2. The molecule has 0 aliphatic heterocycles. The van der Waals surface area contributed by atoms with Crippen LogP contribution in [0.2, 0.25) is 5.02 Å². The van der Waals surface area contributed by atoms with E-state index in [1.807, 2.05) is 19.0 Å². The largest absolute Gasteiger partial charge is 0.484 e. The van der Waals surface area contributed by atoms with Crippen molar-refractivity contribution >= 4 is 33.7 Å². The summed E-state index contributed by atoms with van der Waals surface area (Å²) in [6, 6.07) is 6.99.